The Balaban J connectivity index is 0. The van der Waals surface area contributed by atoms with Gasteiger partial charge in [0.2, 0.25) is 0 Å². The summed E-state index contributed by atoms with van der Waals surface area (Å²) in [5, 5.41) is 0. The van der Waals surface area contributed by atoms with E-state index in [1.807, 2.05) is 0 Å². The molecule has 0 saturated heterocycles. The molecule has 11 heavy (non-hydrogen) atoms. The maximum Gasteiger partial charge on any atom is 0 e. The Morgan fingerprint density at radius 3 is 2.55 bits per heavy atom. The molecule has 0 amide bonds. The van der Waals surface area contributed by atoms with Crippen molar-refractivity contribution in [3.63, 3.8) is 0 Å². The van der Waals surface area contributed by atoms with Gasteiger partial charge in [0.15, 0.2) is 0 Å². The zero-order valence-electron chi connectivity index (χ0n) is 7.05. The summed E-state index contributed by atoms with van der Waals surface area (Å²) >= 11 is 0. The number of hydrogen-bond acceptors (Lipinski definition) is 0. The zero-order valence-corrected chi connectivity index (χ0v) is 10.3. The van der Waals surface area contributed by atoms with Crippen molar-refractivity contribution in [2.24, 2.45) is 5.92 Å². The molecule has 0 fully saturated rings. The maximum atomic E-state index is 3.29. The molecule has 0 aliphatic heterocycles. The fourth-order valence-electron chi connectivity index (χ4n) is 1.03. The first-order chi connectivity index (χ1) is 4.29. The Hall–Kier alpha value is 0.653. The Kier molecular flexibility index (Phi) is 9.43. The normalized spacial score (nSPS) is 13.9. The van der Waals surface area contributed by atoms with Gasteiger partial charge < -0.3 is 0 Å². The molecule has 0 aromatic carbocycles. The number of halogens is 1. The summed E-state index contributed by atoms with van der Waals surface area (Å²) in [5.74, 6) is 0.773. The Labute approximate surface area is 94.7 Å². The minimum absolute atomic E-state index is 0. The van der Waals surface area contributed by atoms with Crippen molar-refractivity contribution in [1.82, 2.24) is 0 Å². The van der Waals surface area contributed by atoms with Gasteiger partial charge in [-0.05, 0) is 5.92 Å². The first-order valence-corrected chi connectivity index (χ1v) is 3.55. The standard InChI is InChI=1S/C9H13.ClH.Zr/c1-8(2)7-9-5-3-4-6-9;;/h3,5,8H,4,7H2,1-2H3;1H;/q-1;;. The second kappa shape index (κ2) is 7.31. The molecule has 0 nitrogen and oxygen atoms in total. The van der Waals surface area contributed by atoms with Gasteiger partial charge in [-0.25, -0.2) is 11.6 Å². The van der Waals surface area contributed by atoms with Crippen molar-refractivity contribution >= 4 is 12.4 Å². The molecule has 0 N–H and O–H groups in total. The molecular formula is C9H14ClZr-. The molecule has 0 bridgehead atoms. The molecule has 2 heteroatoms. The summed E-state index contributed by atoms with van der Waals surface area (Å²) in [6.45, 7) is 4.47. The minimum Gasteiger partial charge on any atom is -0.269 e. The molecule has 0 aromatic rings. The van der Waals surface area contributed by atoms with Gasteiger partial charge >= 0.3 is 0 Å². The van der Waals surface area contributed by atoms with Crippen LogP contribution in [0.15, 0.2) is 17.7 Å². The molecule has 62 valence electrons. The van der Waals surface area contributed by atoms with Crippen LogP contribution in [0.2, 0.25) is 0 Å². The van der Waals surface area contributed by atoms with E-state index in [2.05, 4.69) is 32.1 Å². The van der Waals surface area contributed by atoms with Crippen molar-refractivity contribution in [3.05, 3.63) is 23.8 Å². The second-order valence-electron chi connectivity index (χ2n) is 2.91. The van der Waals surface area contributed by atoms with Crippen LogP contribution in [-0.4, -0.2) is 0 Å². The van der Waals surface area contributed by atoms with E-state index in [1.54, 1.807) is 0 Å². The predicted octanol–water partition coefficient (Wildman–Crippen LogP) is 3.14. The summed E-state index contributed by atoms with van der Waals surface area (Å²) in [6, 6.07) is 0. The van der Waals surface area contributed by atoms with Crippen LogP contribution in [-0.2, 0) is 26.2 Å². The number of rotatable bonds is 2. The van der Waals surface area contributed by atoms with Crippen LogP contribution in [0.1, 0.15) is 26.7 Å². The maximum absolute atomic E-state index is 3.29. The summed E-state index contributed by atoms with van der Waals surface area (Å²) in [6.07, 6.45) is 9.86. The average molecular weight is 249 g/mol. The van der Waals surface area contributed by atoms with Crippen molar-refractivity contribution in [1.29, 1.82) is 0 Å². The molecule has 0 heterocycles. The van der Waals surface area contributed by atoms with E-state index in [1.165, 1.54) is 12.0 Å². The van der Waals surface area contributed by atoms with Crippen LogP contribution in [0.3, 0.4) is 0 Å². The SMILES string of the molecule is CC(C)CC1=[C-]CC=C1.Cl.[Zr]. The average Bonchev–Trinajstić information content (AvgIpc) is 2.15. The quantitative estimate of drug-likeness (QED) is 0.659. The summed E-state index contributed by atoms with van der Waals surface area (Å²) in [7, 11) is 0. The largest absolute Gasteiger partial charge is 0.269 e. The summed E-state index contributed by atoms with van der Waals surface area (Å²) in [4.78, 5) is 0. The fraction of sp³-hybridized carbons (Fsp3) is 0.556. The van der Waals surface area contributed by atoms with Gasteiger partial charge in [-0.1, -0.05) is 20.3 Å². The van der Waals surface area contributed by atoms with E-state index in [4.69, 9.17) is 0 Å². The molecule has 0 spiro atoms. The second-order valence-corrected chi connectivity index (χ2v) is 2.91. The first-order valence-electron chi connectivity index (χ1n) is 3.55. The van der Waals surface area contributed by atoms with Gasteiger partial charge in [0.05, 0.1) is 0 Å². The third-order valence-electron chi connectivity index (χ3n) is 1.39. The summed E-state index contributed by atoms with van der Waals surface area (Å²) in [5.41, 5.74) is 1.39. The zero-order chi connectivity index (χ0) is 6.69. The monoisotopic (exact) mass is 247 g/mol. The van der Waals surface area contributed by atoms with Gasteiger partial charge in [0, 0.05) is 26.2 Å². The van der Waals surface area contributed by atoms with E-state index in [9.17, 15) is 0 Å². The minimum atomic E-state index is 0. The topological polar surface area (TPSA) is 0 Å². The molecule has 0 atom stereocenters. The van der Waals surface area contributed by atoms with Crippen molar-refractivity contribution in [2.45, 2.75) is 26.7 Å². The molecule has 0 saturated carbocycles. The van der Waals surface area contributed by atoms with E-state index >= 15 is 0 Å². The smallest absolute Gasteiger partial charge is 0 e. The molecule has 1 aliphatic carbocycles. The molecular weight excluding hydrogens is 235 g/mol. The number of allylic oxidation sites excluding steroid dienone is 4. The van der Waals surface area contributed by atoms with Gasteiger partial charge in [0.25, 0.3) is 0 Å². The third kappa shape index (κ3) is 5.87. The third-order valence-corrected chi connectivity index (χ3v) is 1.39. The van der Waals surface area contributed by atoms with Crippen LogP contribution in [0.5, 0.6) is 0 Å². The van der Waals surface area contributed by atoms with Crippen LogP contribution in [0, 0.1) is 12.0 Å². The number of hydrogen-bond donors (Lipinski definition) is 0. The van der Waals surface area contributed by atoms with Crippen LogP contribution in [0.25, 0.3) is 0 Å². The molecule has 1 rings (SSSR count). The predicted molar refractivity (Wildman–Crippen MR) is 47.2 cm³/mol. The van der Waals surface area contributed by atoms with Crippen molar-refractivity contribution in [3.8, 4) is 0 Å². The molecule has 1 aliphatic rings. The van der Waals surface area contributed by atoms with E-state index in [0.29, 0.717) is 0 Å². The van der Waals surface area contributed by atoms with E-state index < -0.39 is 0 Å². The van der Waals surface area contributed by atoms with E-state index in [-0.39, 0.29) is 38.6 Å². The summed E-state index contributed by atoms with van der Waals surface area (Å²) < 4.78 is 0. The van der Waals surface area contributed by atoms with Crippen molar-refractivity contribution in [2.75, 3.05) is 0 Å². The van der Waals surface area contributed by atoms with Crippen LogP contribution < -0.4 is 0 Å². The first kappa shape index (κ1) is 14.2. The van der Waals surface area contributed by atoms with Gasteiger partial charge in [-0.2, -0.15) is 6.08 Å². The Bertz CT molecular complexity index is 148. The molecule has 0 unspecified atom stereocenters. The van der Waals surface area contributed by atoms with Crippen LogP contribution in [0.4, 0.5) is 0 Å². The van der Waals surface area contributed by atoms with Crippen LogP contribution >= 0.6 is 12.4 Å². The van der Waals surface area contributed by atoms with Gasteiger partial charge in [0.1, 0.15) is 0 Å². The van der Waals surface area contributed by atoms with Gasteiger partial charge in [-0.3, -0.25) is 6.08 Å². The fourth-order valence-corrected chi connectivity index (χ4v) is 1.03. The van der Waals surface area contributed by atoms with E-state index in [0.717, 1.165) is 12.3 Å². The Morgan fingerprint density at radius 2 is 2.18 bits per heavy atom. The van der Waals surface area contributed by atoms with Gasteiger partial charge in [-0.15, -0.1) is 18.8 Å². The van der Waals surface area contributed by atoms with Crippen molar-refractivity contribution < 1.29 is 26.2 Å². The molecule has 0 radical (unpaired) electrons. The Morgan fingerprint density at radius 1 is 1.55 bits per heavy atom. The molecule has 0 aromatic heterocycles.